The number of fused-ring (bicyclic) bond motifs is 1. The maximum Gasteiger partial charge on any atom is 0.257 e. The van der Waals surface area contributed by atoms with Crippen LogP contribution in [-0.4, -0.2) is 22.9 Å². The van der Waals surface area contributed by atoms with Gasteiger partial charge in [0.25, 0.3) is 11.1 Å². The molecule has 1 aromatic carbocycles. The number of hydrazone groups is 1. The molecule has 1 N–H and O–H groups in total. The van der Waals surface area contributed by atoms with Crippen molar-refractivity contribution in [1.82, 2.24) is 10.4 Å². The summed E-state index contributed by atoms with van der Waals surface area (Å²) in [7, 11) is 0. The fraction of sp³-hybridized carbons (Fsp3) is 0.0714. The average molecular weight is 301 g/mol. The van der Waals surface area contributed by atoms with Crippen LogP contribution < -0.4 is 5.43 Å². The number of benzene rings is 1. The van der Waals surface area contributed by atoms with Crippen molar-refractivity contribution in [2.24, 2.45) is 5.10 Å². The van der Waals surface area contributed by atoms with Crippen LogP contribution in [0.2, 0.25) is 0 Å². The minimum absolute atomic E-state index is 0.169. The second-order valence-corrected chi connectivity index (χ2v) is 4.97. The summed E-state index contributed by atoms with van der Waals surface area (Å²) < 4.78 is 10.5. The maximum absolute atomic E-state index is 11.6. The smallest absolute Gasteiger partial charge is 0.257 e. The summed E-state index contributed by atoms with van der Waals surface area (Å²) in [6, 6.07) is 10.9. The lowest BCUT2D eigenvalue weighted by Crippen LogP contribution is -2.19. The largest absolute Gasteiger partial charge is 0.463 e. The van der Waals surface area contributed by atoms with Gasteiger partial charge in [-0.2, -0.15) is 5.10 Å². The highest BCUT2D eigenvalue weighted by Gasteiger charge is 2.08. The molecule has 1 amide bonds. The molecule has 3 rings (SSSR count). The van der Waals surface area contributed by atoms with E-state index in [0.717, 1.165) is 5.52 Å². The van der Waals surface area contributed by atoms with E-state index >= 15 is 0 Å². The number of aromatic nitrogens is 1. The van der Waals surface area contributed by atoms with E-state index < -0.39 is 0 Å². The van der Waals surface area contributed by atoms with E-state index in [2.05, 4.69) is 15.5 Å². The number of nitrogens with zero attached hydrogens (tertiary/aromatic N) is 2. The van der Waals surface area contributed by atoms with Gasteiger partial charge in [-0.05, 0) is 24.3 Å². The van der Waals surface area contributed by atoms with Crippen molar-refractivity contribution in [3.05, 3.63) is 48.4 Å². The number of hydrogen-bond acceptors (Lipinski definition) is 6. The molecular formula is C14H11N3O3S. The van der Waals surface area contributed by atoms with Crippen LogP contribution in [-0.2, 0) is 4.79 Å². The minimum Gasteiger partial charge on any atom is -0.463 e. The highest BCUT2D eigenvalue weighted by Crippen LogP contribution is 2.22. The van der Waals surface area contributed by atoms with E-state index in [1.807, 2.05) is 24.3 Å². The Hall–Kier alpha value is -2.54. The standard InChI is InChI=1S/C14H11N3O3S/c18-13(17-15-8-10-4-3-7-19-10)9-21-14-16-11-5-1-2-6-12(11)20-14/h1-8H,9H2,(H,17,18)/b15-8+. The molecule has 106 valence electrons. The number of carbonyl (C=O) groups excluding carboxylic acids is 1. The highest BCUT2D eigenvalue weighted by molar-refractivity contribution is 7.99. The Morgan fingerprint density at radius 3 is 3.05 bits per heavy atom. The summed E-state index contributed by atoms with van der Waals surface area (Å²) >= 11 is 1.22. The molecule has 0 aliphatic carbocycles. The highest BCUT2D eigenvalue weighted by atomic mass is 32.2. The maximum atomic E-state index is 11.6. The molecule has 0 aliphatic rings. The molecule has 0 spiro atoms. The summed E-state index contributed by atoms with van der Waals surface area (Å²) in [4.78, 5) is 15.9. The Morgan fingerprint density at radius 1 is 1.33 bits per heavy atom. The molecule has 0 radical (unpaired) electrons. The van der Waals surface area contributed by atoms with Crippen molar-refractivity contribution in [1.29, 1.82) is 0 Å². The molecule has 2 heterocycles. The van der Waals surface area contributed by atoms with Crippen molar-refractivity contribution in [3.63, 3.8) is 0 Å². The topological polar surface area (TPSA) is 80.6 Å². The number of carbonyl (C=O) groups is 1. The third-order valence-corrected chi connectivity index (χ3v) is 3.35. The summed E-state index contributed by atoms with van der Waals surface area (Å²) in [6.07, 6.45) is 2.97. The number of nitrogens with one attached hydrogen (secondary N) is 1. The van der Waals surface area contributed by atoms with Gasteiger partial charge < -0.3 is 8.83 Å². The Kier molecular flexibility index (Phi) is 4.02. The van der Waals surface area contributed by atoms with Gasteiger partial charge in [-0.3, -0.25) is 4.79 Å². The summed E-state index contributed by atoms with van der Waals surface area (Å²) in [6.45, 7) is 0. The lowest BCUT2D eigenvalue weighted by molar-refractivity contribution is -0.118. The van der Waals surface area contributed by atoms with Crippen LogP contribution in [0.5, 0.6) is 0 Å². The molecule has 0 bridgehead atoms. The summed E-state index contributed by atoms with van der Waals surface area (Å²) in [5, 5.41) is 4.25. The average Bonchev–Trinajstić information content (AvgIpc) is 3.13. The predicted molar refractivity (Wildman–Crippen MR) is 79.2 cm³/mol. The van der Waals surface area contributed by atoms with Crippen molar-refractivity contribution < 1.29 is 13.6 Å². The SMILES string of the molecule is O=C(CSc1nc2ccccc2o1)N/N=C/c1ccco1. The zero-order valence-corrected chi connectivity index (χ0v) is 11.7. The first kappa shape index (κ1) is 13.4. The molecule has 0 saturated carbocycles. The monoisotopic (exact) mass is 301 g/mol. The molecule has 2 aromatic heterocycles. The lowest BCUT2D eigenvalue weighted by atomic mass is 10.3. The molecule has 0 saturated heterocycles. The van der Waals surface area contributed by atoms with Crippen LogP contribution >= 0.6 is 11.8 Å². The number of hydrogen-bond donors (Lipinski definition) is 1. The molecule has 7 heteroatoms. The van der Waals surface area contributed by atoms with E-state index in [0.29, 0.717) is 16.6 Å². The predicted octanol–water partition coefficient (Wildman–Crippen LogP) is 2.66. The molecule has 6 nitrogen and oxygen atoms in total. The number of amides is 1. The molecular weight excluding hydrogens is 290 g/mol. The van der Waals surface area contributed by atoms with E-state index in [4.69, 9.17) is 8.83 Å². The van der Waals surface area contributed by atoms with E-state index in [1.165, 1.54) is 24.2 Å². The second-order valence-electron chi connectivity index (χ2n) is 4.04. The van der Waals surface area contributed by atoms with E-state index in [1.54, 1.807) is 12.1 Å². The molecule has 0 atom stereocenters. The lowest BCUT2D eigenvalue weighted by Gasteiger charge is -1.96. The number of furan rings is 1. The van der Waals surface area contributed by atoms with Gasteiger partial charge >= 0.3 is 0 Å². The Morgan fingerprint density at radius 2 is 2.24 bits per heavy atom. The first-order valence-corrected chi connectivity index (χ1v) is 7.13. The third kappa shape index (κ3) is 3.51. The van der Waals surface area contributed by atoms with Crippen molar-refractivity contribution in [2.75, 3.05) is 5.75 Å². The van der Waals surface area contributed by atoms with Gasteiger partial charge in [-0.1, -0.05) is 23.9 Å². The van der Waals surface area contributed by atoms with Gasteiger partial charge in [0.2, 0.25) is 0 Å². The van der Waals surface area contributed by atoms with Crippen LogP contribution in [0.1, 0.15) is 5.76 Å². The van der Waals surface area contributed by atoms with Crippen molar-refractivity contribution in [3.8, 4) is 0 Å². The molecule has 0 aliphatic heterocycles. The van der Waals surface area contributed by atoms with Crippen LogP contribution in [0.25, 0.3) is 11.1 Å². The number of oxazole rings is 1. The van der Waals surface area contributed by atoms with Gasteiger partial charge in [0.15, 0.2) is 5.58 Å². The Balaban J connectivity index is 1.51. The first-order chi connectivity index (χ1) is 10.3. The van der Waals surface area contributed by atoms with Gasteiger partial charge in [-0.25, -0.2) is 10.4 Å². The minimum atomic E-state index is -0.245. The fourth-order valence-corrected chi connectivity index (χ4v) is 2.24. The first-order valence-electron chi connectivity index (χ1n) is 6.15. The van der Waals surface area contributed by atoms with Gasteiger partial charge in [0, 0.05) is 0 Å². The van der Waals surface area contributed by atoms with Crippen molar-refractivity contribution >= 4 is 35.0 Å². The zero-order valence-electron chi connectivity index (χ0n) is 10.9. The number of para-hydroxylation sites is 2. The van der Waals surface area contributed by atoms with E-state index in [-0.39, 0.29) is 11.7 Å². The van der Waals surface area contributed by atoms with Crippen LogP contribution in [0.15, 0.2) is 61.8 Å². The zero-order chi connectivity index (χ0) is 14.5. The number of rotatable bonds is 5. The van der Waals surface area contributed by atoms with Crippen LogP contribution in [0, 0.1) is 0 Å². The molecule has 0 unspecified atom stereocenters. The summed E-state index contributed by atoms with van der Waals surface area (Å²) in [5.41, 5.74) is 3.88. The normalized spacial score (nSPS) is 11.2. The van der Waals surface area contributed by atoms with Gasteiger partial charge in [-0.15, -0.1) is 0 Å². The summed E-state index contributed by atoms with van der Waals surface area (Å²) in [5.74, 6) is 0.495. The van der Waals surface area contributed by atoms with Crippen LogP contribution in [0.4, 0.5) is 0 Å². The molecule has 21 heavy (non-hydrogen) atoms. The quantitative estimate of drug-likeness (QED) is 0.445. The molecule has 3 aromatic rings. The van der Waals surface area contributed by atoms with Crippen molar-refractivity contribution in [2.45, 2.75) is 5.22 Å². The second kappa shape index (κ2) is 6.27. The van der Waals surface area contributed by atoms with Gasteiger partial charge in [0.1, 0.15) is 11.3 Å². The number of thioether (sulfide) groups is 1. The third-order valence-electron chi connectivity index (χ3n) is 2.53. The van der Waals surface area contributed by atoms with Crippen LogP contribution in [0.3, 0.4) is 0 Å². The molecule has 0 fully saturated rings. The van der Waals surface area contributed by atoms with E-state index in [9.17, 15) is 4.79 Å². The Bertz CT molecular complexity index is 732. The Labute approximate surface area is 124 Å². The fourth-order valence-electron chi connectivity index (χ4n) is 1.60. The van der Waals surface area contributed by atoms with Gasteiger partial charge in [0.05, 0.1) is 18.2 Å².